The molecule has 4 amide bonds. The van der Waals surface area contributed by atoms with Crippen LogP contribution in [0.2, 0.25) is 5.02 Å². The molecule has 1 aromatic carbocycles. The quantitative estimate of drug-likeness (QED) is 0.283. The molecule has 0 bridgehead atoms. The number of aromatic nitrogens is 1. The molecule has 2 saturated carbocycles. The van der Waals surface area contributed by atoms with Crippen LogP contribution < -0.4 is 24.8 Å². The van der Waals surface area contributed by atoms with Crippen molar-refractivity contribution in [2.75, 3.05) is 6.54 Å². The first kappa shape index (κ1) is 41.5. The molecule has 2 aromatic rings. The highest BCUT2D eigenvalue weighted by atomic mass is 35.5. The predicted molar refractivity (Wildman–Crippen MR) is 211 cm³/mol. The number of nitrogens with zero attached hydrogens (tertiary/aromatic N) is 2. The van der Waals surface area contributed by atoms with Gasteiger partial charge in [-0.1, -0.05) is 36.6 Å². The summed E-state index contributed by atoms with van der Waals surface area (Å²) in [6.07, 6.45) is 6.35. The van der Waals surface area contributed by atoms with Crippen molar-refractivity contribution in [1.29, 1.82) is 0 Å². The average Bonchev–Trinajstić information content (AvgIpc) is 3.97. The number of halogens is 1. The molecule has 16 heteroatoms. The second kappa shape index (κ2) is 15.7. The first-order chi connectivity index (χ1) is 26.2. The molecule has 3 fully saturated rings. The standard InChI is InChI=1S/C40H54ClN5O9S/c1-23(2)53-32-20-31(27-15-16-28(41)24(3)33(27)43-32)54-26-19-30-34(47)44-40(36(49)45-56(51,52)39(7)17-18-39)21-25(40)13-11-9-8-10-12-14-29(35(48)46(30)22-26)42-37(50)55-38(4,5)6/h11,13,15-16,20,23,25-26,29-30H,8-10,12,14,17-19,21-22H2,1-7H3,(H,42,50)(H,44,47)(H,45,49)/b13-11-/t25-,26-,29+,30+,40-/m1/s1. The van der Waals surface area contributed by atoms with E-state index in [9.17, 15) is 27.6 Å². The van der Waals surface area contributed by atoms with Crippen molar-refractivity contribution < 1.29 is 41.8 Å². The highest BCUT2D eigenvalue weighted by molar-refractivity contribution is 7.91. The molecule has 0 spiro atoms. The van der Waals surface area contributed by atoms with Gasteiger partial charge in [-0.15, -0.1) is 0 Å². The van der Waals surface area contributed by atoms with Gasteiger partial charge in [-0.3, -0.25) is 19.1 Å². The number of carbonyl (C=O) groups is 4. The van der Waals surface area contributed by atoms with Crippen LogP contribution >= 0.6 is 11.6 Å². The van der Waals surface area contributed by atoms with Crippen LogP contribution in [0.3, 0.4) is 0 Å². The van der Waals surface area contributed by atoms with E-state index in [4.69, 9.17) is 25.8 Å². The molecular weight excluding hydrogens is 762 g/mol. The lowest BCUT2D eigenvalue weighted by atomic mass is 10.0. The van der Waals surface area contributed by atoms with E-state index in [0.717, 1.165) is 18.4 Å². The molecule has 5 atom stereocenters. The molecule has 3 heterocycles. The van der Waals surface area contributed by atoms with Crippen molar-refractivity contribution in [2.24, 2.45) is 5.92 Å². The van der Waals surface area contributed by atoms with Crippen LogP contribution in [0, 0.1) is 12.8 Å². The summed E-state index contributed by atoms with van der Waals surface area (Å²) in [5, 5.41) is 6.82. The van der Waals surface area contributed by atoms with Crippen molar-refractivity contribution in [3.63, 3.8) is 0 Å². The Bertz CT molecular complexity index is 2030. The molecule has 1 saturated heterocycles. The van der Waals surface area contributed by atoms with Gasteiger partial charge < -0.3 is 29.7 Å². The predicted octanol–water partition coefficient (Wildman–Crippen LogP) is 5.62. The Balaban J connectivity index is 1.35. The Labute approximate surface area is 333 Å². The number of amides is 4. The van der Waals surface area contributed by atoms with Crippen LogP contribution in [-0.2, 0) is 29.1 Å². The minimum absolute atomic E-state index is 0.0298. The maximum Gasteiger partial charge on any atom is 0.408 e. The lowest BCUT2D eigenvalue weighted by Gasteiger charge is -2.30. The fraction of sp³-hybridized carbons (Fsp3) is 0.625. The zero-order chi connectivity index (χ0) is 40.8. The van der Waals surface area contributed by atoms with Crippen LogP contribution in [0.25, 0.3) is 10.9 Å². The van der Waals surface area contributed by atoms with Crippen molar-refractivity contribution >= 4 is 56.3 Å². The van der Waals surface area contributed by atoms with Gasteiger partial charge in [-0.2, -0.15) is 0 Å². The van der Waals surface area contributed by atoms with E-state index >= 15 is 0 Å². The number of aryl methyl sites for hydroxylation is 1. The topological polar surface area (TPSA) is 182 Å². The normalized spacial score (nSPS) is 27.2. The number of hydrogen-bond donors (Lipinski definition) is 3. The van der Waals surface area contributed by atoms with E-state index < -0.39 is 73.8 Å². The molecule has 3 N–H and O–H groups in total. The van der Waals surface area contributed by atoms with Crippen LogP contribution in [0.1, 0.15) is 105 Å². The number of allylic oxidation sites excluding steroid dienone is 1. The lowest BCUT2D eigenvalue weighted by Crippen LogP contribution is -2.58. The Morgan fingerprint density at radius 2 is 1.86 bits per heavy atom. The van der Waals surface area contributed by atoms with Gasteiger partial charge in [-0.05, 0) is 105 Å². The summed E-state index contributed by atoms with van der Waals surface area (Å²) < 4.78 is 45.7. The van der Waals surface area contributed by atoms with E-state index in [1.807, 2.05) is 32.9 Å². The molecule has 0 radical (unpaired) electrons. The molecule has 306 valence electrons. The minimum Gasteiger partial charge on any atom is -0.488 e. The molecule has 2 aliphatic carbocycles. The third-order valence-electron chi connectivity index (χ3n) is 10.9. The second-order valence-electron chi connectivity index (χ2n) is 17.1. The lowest BCUT2D eigenvalue weighted by molar-refractivity contribution is -0.141. The Morgan fingerprint density at radius 1 is 1.12 bits per heavy atom. The van der Waals surface area contributed by atoms with Gasteiger partial charge in [0.25, 0.3) is 5.91 Å². The highest BCUT2D eigenvalue weighted by Gasteiger charge is 2.63. The Hall–Kier alpha value is -4.11. The van der Waals surface area contributed by atoms with E-state index in [1.165, 1.54) is 4.90 Å². The number of fused-ring (bicyclic) bond motifs is 3. The first-order valence-electron chi connectivity index (χ1n) is 19.5. The zero-order valence-electron chi connectivity index (χ0n) is 33.2. The number of ether oxygens (including phenoxy) is 3. The van der Waals surface area contributed by atoms with Crippen molar-refractivity contribution in [1.82, 2.24) is 25.2 Å². The van der Waals surface area contributed by atoms with E-state index in [1.54, 1.807) is 45.9 Å². The van der Waals surface area contributed by atoms with Crippen molar-refractivity contribution in [2.45, 2.75) is 146 Å². The second-order valence-corrected chi connectivity index (χ2v) is 19.7. The van der Waals surface area contributed by atoms with Gasteiger partial charge in [0.15, 0.2) is 0 Å². The molecular formula is C40H54ClN5O9S. The number of rotatable bonds is 8. The summed E-state index contributed by atoms with van der Waals surface area (Å²) in [4.78, 5) is 62.1. The maximum absolute atomic E-state index is 14.6. The van der Waals surface area contributed by atoms with E-state index in [2.05, 4.69) is 20.3 Å². The number of sulfonamides is 1. The van der Waals surface area contributed by atoms with Gasteiger partial charge >= 0.3 is 6.09 Å². The summed E-state index contributed by atoms with van der Waals surface area (Å²) in [5.41, 5.74) is -1.05. The summed E-state index contributed by atoms with van der Waals surface area (Å²) in [5.74, 6) is -1.67. The third kappa shape index (κ3) is 9.03. The zero-order valence-corrected chi connectivity index (χ0v) is 34.8. The molecule has 2 aliphatic heterocycles. The van der Waals surface area contributed by atoms with E-state index in [-0.39, 0.29) is 25.5 Å². The van der Waals surface area contributed by atoms with Crippen LogP contribution in [-0.4, -0.2) is 88.8 Å². The molecule has 1 aromatic heterocycles. The SMILES string of the molecule is Cc1c(Cl)ccc2c(O[C@@H]3C[C@H]4C(=O)N[C@]5(C(=O)NS(=O)(=O)C6(C)CC6)C[C@H]5/C=C\CCCCC[C@H](NC(=O)OC(C)(C)C)C(=O)N4C3)cc(OC(C)C)nc12. The Kier molecular flexibility index (Phi) is 11.6. The number of nitrogens with one attached hydrogen (secondary N) is 3. The number of alkyl carbamates (subject to hydrolysis) is 1. The van der Waals surface area contributed by atoms with Crippen LogP contribution in [0.4, 0.5) is 4.79 Å². The van der Waals surface area contributed by atoms with Gasteiger partial charge in [0.1, 0.15) is 35.1 Å². The first-order valence-corrected chi connectivity index (χ1v) is 21.4. The van der Waals surface area contributed by atoms with Crippen LogP contribution in [0.15, 0.2) is 30.4 Å². The fourth-order valence-corrected chi connectivity index (χ4v) is 8.79. The minimum atomic E-state index is -4.00. The Morgan fingerprint density at radius 3 is 2.54 bits per heavy atom. The summed E-state index contributed by atoms with van der Waals surface area (Å²) in [6, 6.07) is 3.05. The van der Waals surface area contributed by atoms with Crippen LogP contribution in [0.5, 0.6) is 11.6 Å². The fourth-order valence-electron chi connectivity index (χ4n) is 7.33. The largest absolute Gasteiger partial charge is 0.488 e. The third-order valence-corrected chi connectivity index (χ3v) is 13.5. The van der Waals surface area contributed by atoms with Crippen molar-refractivity contribution in [3.05, 3.63) is 40.9 Å². The maximum atomic E-state index is 14.6. The molecule has 0 unspecified atom stereocenters. The number of hydrogen-bond acceptors (Lipinski definition) is 10. The summed E-state index contributed by atoms with van der Waals surface area (Å²) in [7, 11) is -4.00. The summed E-state index contributed by atoms with van der Waals surface area (Å²) in [6.45, 7) is 12.3. The van der Waals surface area contributed by atoms with E-state index in [0.29, 0.717) is 59.7 Å². The molecule has 56 heavy (non-hydrogen) atoms. The number of pyridine rings is 1. The molecule has 4 aliphatic rings. The van der Waals surface area contributed by atoms with Gasteiger partial charge in [-0.25, -0.2) is 18.2 Å². The van der Waals surface area contributed by atoms with Gasteiger partial charge in [0.05, 0.1) is 22.9 Å². The van der Waals surface area contributed by atoms with Gasteiger partial charge in [0, 0.05) is 28.8 Å². The highest BCUT2D eigenvalue weighted by Crippen LogP contribution is 2.47. The monoisotopic (exact) mass is 815 g/mol. The smallest absolute Gasteiger partial charge is 0.408 e. The van der Waals surface area contributed by atoms with Gasteiger partial charge in [0.2, 0.25) is 27.7 Å². The average molecular weight is 816 g/mol. The van der Waals surface area contributed by atoms with Crippen molar-refractivity contribution in [3.8, 4) is 11.6 Å². The number of benzene rings is 1. The number of carbonyl (C=O) groups excluding carboxylic acids is 4. The summed E-state index contributed by atoms with van der Waals surface area (Å²) >= 11 is 6.47. The molecule has 14 nitrogen and oxygen atoms in total. The molecule has 6 rings (SSSR count).